The second-order valence-electron chi connectivity index (χ2n) is 3.54. The van der Waals surface area contributed by atoms with Crippen LogP contribution in [-0.2, 0) is 15.5 Å². The predicted octanol–water partition coefficient (Wildman–Crippen LogP) is 1.80. The molecule has 0 aliphatic rings. The molecular weight excluding hydrogens is 210 g/mol. The van der Waals surface area contributed by atoms with Crippen molar-refractivity contribution >= 4 is 16.5 Å². The molecule has 0 radical (unpaired) electrons. The van der Waals surface area contributed by atoms with Crippen molar-refractivity contribution in [2.24, 2.45) is 0 Å². The van der Waals surface area contributed by atoms with Gasteiger partial charge in [-0.3, -0.25) is 4.21 Å². The molecule has 1 aromatic rings. The molecule has 0 heterocycles. The molecule has 1 unspecified atom stereocenters. The van der Waals surface area contributed by atoms with Crippen LogP contribution in [0.15, 0.2) is 29.2 Å². The van der Waals surface area contributed by atoms with E-state index < -0.39 is 10.8 Å². The van der Waals surface area contributed by atoms with Crippen LogP contribution in [0.1, 0.15) is 13.8 Å². The van der Waals surface area contributed by atoms with Crippen molar-refractivity contribution in [3.8, 4) is 0 Å². The summed E-state index contributed by atoms with van der Waals surface area (Å²) in [6.45, 7) is 4.44. The minimum Gasteiger partial charge on any atom is -0.399 e. The Morgan fingerprint density at radius 3 is 2.80 bits per heavy atom. The zero-order valence-corrected chi connectivity index (χ0v) is 9.92. The smallest absolute Gasteiger partial charge is 0.0588 e. The predicted molar refractivity (Wildman–Crippen MR) is 63.2 cm³/mol. The van der Waals surface area contributed by atoms with Gasteiger partial charge in [-0.25, -0.2) is 0 Å². The Morgan fingerprint density at radius 2 is 2.20 bits per heavy atom. The molecule has 0 aromatic heterocycles. The number of nitrogens with two attached hydrogens (primary N) is 1. The van der Waals surface area contributed by atoms with E-state index in [9.17, 15) is 4.21 Å². The highest BCUT2D eigenvalue weighted by Gasteiger charge is 2.04. The van der Waals surface area contributed by atoms with Crippen LogP contribution in [0.3, 0.4) is 0 Å². The van der Waals surface area contributed by atoms with Crippen LogP contribution in [0.25, 0.3) is 0 Å². The van der Waals surface area contributed by atoms with Crippen LogP contribution >= 0.6 is 0 Å². The van der Waals surface area contributed by atoms with Gasteiger partial charge in [-0.2, -0.15) is 0 Å². The van der Waals surface area contributed by atoms with Gasteiger partial charge in [-0.05, 0) is 32.0 Å². The Hall–Kier alpha value is -0.870. The van der Waals surface area contributed by atoms with E-state index in [4.69, 9.17) is 10.5 Å². The first-order valence-corrected chi connectivity index (χ1v) is 6.27. The standard InChI is InChI=1S/C11H17NO2S/c1-9(2)14-6-7-15(13)11-5-3-4-10(12)8-11/h3-5,8-9H,6-7,12H2,1-2H3. The van der Waals surface area contributed by atoms with Crippen molar-refractivity contribution in [3.63, 3.8) is 0 Å². The van der Waals surface area contributed by atoms with Crippen LogP contribution in [0, 0.1) is 0 Å². The van der Waals surface area contributed by atoms with E-state index in [1.807, 2.05) is 26.0 Å². The summed E-state index contributed by atoms with van der Waals surface area (Å²) in [6.07, 6.45) is 0.183. The number of hydrogen-bond acceptors (Lipinski definition) is 3. The van der Waals surface area contributed by atoms with Crippen molar-refractivity contribution in [3.05, 3.63) is 24.3 Å². The van der Waals surface area contributed by atoms with E-state index in [-0.39, 0.29) is 6.10 Å². The summed E-state index contributed by atoms with van der Waals surface area (Å²) in [4.78, 5) is 0.766. The number of benzene rings is 1. The maximum Gasteiger partial charge on any atom is 0.0588 e. The van der Waals surface area contributed by atoms with Crippen molar-refractivity contribution in [1.82, 2.24) is 0 Å². The Kier molecular flexibility index (Phi) is 4.78. The maximum absolute atomic E-state index is 11.8. The highest BCUT2D eigenvalue weighted by Crippen LogP contribution is 2.11. The minimum atomic E-state index is -1.02. The number of hydrogen-bond donors (Lipinski definition) is 1. The van der Waals surface area contributed by atoms with Gasteiger partial charge in [0.05, 0.1) is 29.3 Å². The Bertz CT molecular complexity index is 339. The molecule has 0 fully saturated rings. The molecule has 0 bridgehead atoms. The van der Waals surface area contributed by atoms with E-state index in [1.54, 1.807) is 12.1 Å². The largest absolute Gasteiger partial charge is 0.399 e. The van der Waals surface area contributed by atoms with Crippen LogP contribution < -0.4 is 5.73 Å². The Morgan fingerprint density at radius 1 is 1.47 bits per heavy atom. The maximum atomic E-state index is 11.8. The van der Waals surface area contributed by atoms with E-state index in [1.165, 1.54) is 0 Å². The quantitative estimate of drug-likeness (QED) is 0.780. The first kappa shape index (κ1) is 12.2. The van der Waals surface area contributed by atoms with Crippen molar-refractivity contribution < 1.29 is 8.95 Å². The number of anilines is 1. The molecule has 2 N–H and O–H groups in total. The fraction of sp³-hybridized carbons (Fsp3) is 0.455. The van der Waals surface area contributed by atoms with Gasteiger partial charge in [0.15, 0.2) is 0 Å². The normalized spacial score (nSPS) is 13.0. The molecule has 0 saturated heterocycles. The first-order valence-electron chi connectivity index (χ1n) is 4.95. The second kappa shape index (κ2) is 5.88. The fourth-order valence-corrected chi connectivity index (χ4v) is 2.11. The summed E-state index contributed by atoms with van der Waals surface area (Å²) >= 11 is 0. The lowest BCUT2D eigenvalue weighted by molar-refractivity contribution is 0.0916. The Labute approximate surface area is 93.1 Å². The third-order valence-electron chi connectivity index (χ3n) is 1.84. The average Bonchev–Trinajstić information content (AvgIpc) is 2.17. The molecule has 3 nitrogen and oxygen atoms in total. The summed E-state index contributed by atoms with van der Waals surface area (Å²) in [5.41, 5.74) is 6.25. The summed E-state index contributed by atoms with van der Waals surface area (Å²) in [5.74, 6) is 0.516. The zero-order valence-electron chi connectivity index (χ0n) is 9.10. The van der Waals surface area contributed by atoms with Gasteiger partial charge in [-0.15, -0.1) is 0 Å². The number of rotatable bonds is 5. The van der Waals surface area contributed by atoms with Gasteiger partial charge in [0.2, 0.25) is 0 Å². The lowest BCUT2D eigenvalue weighted by atomic mass is 10.3. The molecule has 15 heavy (non-hydrogen) atoms. The molecule has 0 saturated carbocycles. The van der Waals surface area contributed by atoms with Crippen molar-refractivity contribution in [2.75, 3.05) is 18.1 Å². The van der Waals surface area contributed by atoms with E-state index in [2.05, 4.69) is 0 Å². The third kappa shape index (κ3) is 4.44. The summed E-state index contributed by atoms with van der Waals surface area (Å²) in [6, 6.07) is 7.16. The van der Waals surface area contributed by atoms with Gasteiger partial charge in [0.25, 0.3) is 0 Å². The van der Waals surface area contributed by atoms with Gasteiger partial charge in [0, 0.05) is 10.6 Å². The van der Waals surface area contributed by atoms with E-state index in [0.717, 1.165) is 4.90 Å². The fourth-order valence-electron chi connectivity index (χ4n) is 1.13. The molecule has 0 amide bonds. The molecule has 0 spiro atoms. The third-order valence-corrected chi connectivity index (χ3v) is 3.16. The SMILES string of the molecule is CC(C)OCCS(=O)c1cccc(N)c1. The highest BCUT2D eigenvalue weighted by molar-refractivity contribution is 7.85. The van der Waals surface area contributed by atoms with Crippen LogP contribution in [-0.4, -0.2) is 22.7 Å². The topological polar surface area (TPSA) is 52.3 Å². The molecule has 1 aromatic carbocycles. The molecule has 0 aliphatic carbocycles. The van der Waals surface area contributed by atoms with Gasteiger partial charge >= 0.3 is 0 Å². The first-order chi connectivity index (χ1) is 7.09. The number of nitrogen functional groups attached to an aromatic ring is 1. The molecule has 4 heteroatoms. The second-order valence-corrected chi connectivity index (χ2v) is 5.11. The highest BCUT2D eigenvalue weighted by atomic mass is 32.2. The summed E-state index contributed by atoms with van der Waals surface area (Å²) < 4.78 is 17.1. The lowest BCUT2D eigenvalue weighted by Gasteiger charge is -2.07. The van der Waals surface area contributed by atoms with Crippen molar-refractivity contribution in [1.29, 1.82) is 0 Å². The Balaban J connectivity index is 2.47. The molecule has 1 rings (SSSR count). The lowest BCUT2D eigenvalue weighted by Crippen LogP contribution is -2.11. The van der Waals surface area contributed by atoms with E-state index >= 15 is 0 Å². The van der Waals surface area contributed by atoms with E-state index in [0.29, 0.717) is 18.0 Å². The summed E-state index contributed by atoms with van der Waals surface area (Å²) in [5, 5.41) is 0. The van der Waals surface area contributed by atoms with Crippen LogP contribution in [0.2, 0.25) is 0 Å². The number of ether oxygens (including phenoxy) is 1. The van der Waals surface area contributed by atoms with Gasteiger partial charge in [0.1, 0.15) is 0 Å². The average molecular weight is 227 g/mol. The van der Waals surface area contributed by atoms with Crippen LogP contribution in [0.5, 0.6) is 0 Å². The molecular formula is C11H17NO2S. The van der Waals surface area contributed by atoms with Crippen molar-refractivity contribution in [2.45, 2.75) is 24.8 Å². The molecule has 84 valence electrons. The van der Waals surface area contributed by atoms with Gasteiger partial charge < -0.3 is 10.5 Å². The van der Waals surface area contributed by atoms with Gasteiger partial charge in [-0.1, -0.05) is 6.07 Å². The minimum absolute atomic E-state index is 0.183. The molecule has 1 atom stereocenters. The summed E-state index contributed by atoms with van der Waals surface area (Å²) in [7, 11) is -1.02. The monoisotopic (exact) mass is 227 g/mol. The zero-order chi connectivity index (χ0) is 11.3. The van der Waals surface area contributed by atoms with Crippen LogP contribution in [0.4, 0.5) is 5.69 Å². The molecule has 0 aliphatic heterocycles.